The minimum Gasteiger partial charge on any atom is -0.481 e. The first kappa shape index (κ1) is 11.4. The summed E-state index contributed by atoms with van der Waals surface area (Å²) in [6.07, 6.45) is 3.23. The van der Waals surface area contributed by atoms with E-state index in [0.717, 1.165) is 23.6 Å². The molecule has 0 radical (unpaired) electrons. The number of nitrogens with zero attached hydrogens (tertiary/aromatic N) is 2. The van der Waals surface area contributed by atoms with E-state index in [1.54, 1.807) is 6.92 Å². The molecule has 1 N–H and O–H groups in total. The highest BCUT2D eigenvalue weighted by Gasteiger charge is 2.16. The van der Waals surface area contributed by atoms with E-state index < -0.39 is 11.9 Å². The number of hydrogen-bond acceptors (Lipinski definition) is 4. The number of aliphatic carboxylic acids is 1. The molecule has 1 aliphatic rings. The third-order valence-corrected chi connectivity index (χ3v) is 3.66. The van der Waals surface area contributed by atoms with Gasteiger partial charge in [0.2, 0.25) is 0 Å². The van der Waals surface area contributed by atoms with Crippen LogP contribution in [0.3, 0.4) is 0 Å². The summed E-state index contributed by atoms with van der Waals surface area (Å²) in [6, 6.07) is 0. The van der Waals surface area contributed by atoms with Gasteiger partial charge in [0.05, 0.1) is 5.92 Å². The van der Waals surface area contributed by atoms with Crippen molar-refractivity contribution >= 4 is 17.7 Å². The molecule has 5 heteroatoms. The maximum Gasteiger partial charge on any atom is 0.306 e. The minimum absolute atomic E-state index is 0.412. The third-order valence-electron chi connectivity index (χ3n) is 2.66. The molecule has 2 rings (SSSR count). The Hall–Kier alpha value is -1.10. The van der Waals surface area contributed by atoms with Crippen LogP contribution in [0, 0.1) is 5.92 Å². The summed E-state index contributed by atoms with van der Waals surface area (Å²) < 4.78 is 0. The third kappa shape index (κ3) is 2.52. The van der Waals surface area contributed by atoms with Crippen molar-refractivity contribution in [2.45, 2.75) is 25.5 Å². The Morgan fingerprint density at radius 2 is 2.50 bits per heavy atom. The summed E-state index contributed by atoms with van der Waals surface area (Å²) in [5.41, 5.74) is 2.30. The standard InChI is InChI=1S/C11H14N2O2S/c1-7(11(14)15)4-10-12-5-8-6-16-3-2-9(8)13-10/h5,7H,2-4,6H2,1H3,(H,14,15). The second-order valence-corrected chi connectivity index (χ2v) is 5.11. The van der Waals surface area contributed by atoms with Gasteiger partial charge in [0.25, 0.3) is 0 Å². The fourth-order valence-electron chi connectivity index (χ4n) is 1.63. The summed E-state index contributed by atoms with van der Waals surface area (Å²) in [4.78, 5) is 19.4. The van der Waals surface area contributed by atoms with Crippen LogP contribution >= 0.6 is 11.8 Å². The second-order valence-electron chi connectivity index (χ2n) is 4.00. The Morgan fingerprint density at radius 3 is 3.25 bits per heavy atom. The lowest BCUT2D eigenvalue weighted by molar-refractivity contribution is -0.141. The molecule has 0 saturated carbocycles. The van der Waals surface area contributed by atoms with E-state index in [1.807, 2.05) is 18.0 Å². The highest BCUT2D eigenvalue weighted by molar-refractivity contribution is 7.98. The van der Waals surface area contributed by atoms with Crippen molar-refractivity contribution in [3.8, 4) is 0 Å². The van der Waals surface area contributed by atoms with Crippen LogP contribution in [0.5, 0.6) is 0 Å². The number of rotatable bonds is 3. The Labute approximate surface area is 98.5 Å². The first-order chi connectivity index (χ1) is 7.66. The van der Waals surface area contributed by atoms with E-state index >= 15 is 0 Å². The van der Waals surface area contributed by atoms with Crippen LogP contribution in [0.2, 0.25) is 0 Å². The van der Waals surface area contributed by atoms with Gasteiger partial charge in [0, 0.05) is 29.6 Å². The largest absolute Gasteiger partial charge is 0.481 e. The Morgan fingerprint density at radius 1 is 1.69 bits per heavy atom. The highest BCUT2D eigenvalue weighted by Crippen LogP contribution is 2.22. The topological polar surface area (TPSA) is 63.1 Å². The number of aryl methyl sites for hydroxylation is 1. The molecular formula is C11H14N2O2S. The summed E-state index contributed by atoms with van der Waals surface area (Å²) >= 11 is 1.89. The van der Waals surface area contributed by atoms with Gasteiger partial charge in [0.15, 0.2) is 0 Å². The number of carboxylic acid groups (broad SMARTS) is 1. The number of fused-ring (bicyclic) bond motifs is 1. The molecule has 1 atom stereocenters. The van der Waals surface area contributed by atoms with Crippen molar-refractivity contribution in [2.24, 2.45) is 5.92 Å². The first-order valence-corrected chi connectivity index (χ1v) is 6.46. The molecule has 1 aromatic heterocycles. The second kappa shape index (κ2) is 4.82. The van der Waals surface area contributed by atoms with Crippen molar-refractivity contribution in [3.63, 3.8) is 0 Å². The van der Waals surface area contributed by atoms with Crippen LogP contribution in [0.25, 0.3) is 0 Å². The Balaban J connectivity index is 2.14. The van der Waals surface area contributed by atoms with Crippen LogP contribution < -0.4 is 0 Å². The maximum atomic E-state index is 10.7. The predicted molar refractivity (Wildman–Crippen MR) is 62.4 cm³/mol. The van der Waals surface area contributed by atoms with Crippen molar-refractivity contribution < 1.29 is 9.90 Å². The average molecular weight is 238 g/mol. The van der Waals surface area contributed by atoms with Crippen LogP contribution in [0.1, 0.15) is 24.0 Å². The zero-order valence-electron chi connectivity index (χ0n) is 9.14. The van der Waals surface area contributed by atoms with Crippen LogP contribution in [0.15, 0.2) is 6.20 Å². The molecule has 0 bridgehead atoms. The van der Waals surface area contributed by atoms with E-state index in [1.165, 1.54) is 5.56 Å². The van der Waals surface area contributed by atoms with Gasteiger partial charge in [-0.1, -0.05) is 6.92 Å². The molecule has 86 valence electrons. The number of hydrogen-bond donors (Lipinski definition) is 1. The molecule has 1 aromatic rings. The number of carboxylic acids is 1. The monoisotopic (exact) mass is 238 g/mol. The molecule has 1 unspecified atom stereocenters. The highest BCUT2D eigenvalue weighted by atomic mass is 32.2. The van der Waals surface area contributed by atoms with Gasteiger partial charge in [-0.05, 0) is 12.2 Å². The molecule has 1 aliphatic heterocycles. The molecule has 0 spiro atoms. The lowest BCUT2D eigenvalue weighted by Gasteiger charge is -2.15. The molecule has 0 amide bonds. The van der Waals surface area contributed by atoms with Crippen LogP contribution in [-0.2, 0) is 23.4 Å². The molecule has 0 saturated heterocycles. The number of thioether (sulfide) groups is 1. The van der Waals surface area contributed by atoms with E-state index in [0.29, 0.717) is 12.2 Å². The molecule has 16 heavy (non-hydrogen) atoms. The van der Waals surface area contributed by atoms with Crippen molar-refractivity contribution in [3.05, 3.63) is 23.3 Å². The van der Waals surface area contributed by atoms with Crippen molar-refractivity contribution in [2.75, 3.05) is 5.75 Å². The molecule has 0 aromatic carbocycles. The van der Waals surface area contributed by atoms with Crippen molar-refractivity contribution in [1.82, 2.24) is 9.97 Å². The normalized spacial score (nSPS) is 16.6. The molecule has 4 nitrogen and oxygen atoms in total. The average Bonchev–Trinajstić information content (AvgIpc) is 2.28. The number of carbonyl (C=O) groups is 1. The lowest BCUT2D eigenvalue weighted by Crippen LogP contribution is -2.16. The van der Waals surface area contributed by atoms with E-state index in [2.05, 4.69) is 9.97 Å². The quantitative estimate of drug-likeness (QED) is 0.865. The molecule has 0 fully saturated rings. The molecule has 0 aliphatic carbocycles. The van der Waals surface area contributed by atoms with Gasteiger partial charge in [0.1, 0.15) is 5.82 Å². The smallest absolute Gasteiger partial charge is 0.306 e. The first-order valence-electron chi connectivity index (χ1n) is 5.31. The lowest BCUT2D eigenvalue weighted by atomic mass is 10.1. The van der Waals surface area contributed by atoms with E-state index in [9.17, 15) is 4.79 Å². The predicted octanol–water partition coefficient (Wildman–Crippen LogP) is 1.53. The summed E-state index contributed by atoms with van der Waals surface area (Å²) in [5.74, 6) is 1.51. The van der Waals surface area contributed by atoms with E-state index in [4.69, 9.17) is 5.11 Å². The zero-order valence-corrected chi connectivity index (χ0v) is 9.96. The van der Waals surface area contributed by atoms with Gasteiger partial charge >= 0.3 is 5.97 Å². The van der Waals surface area contributed by atoms with Gasteiger partial charge in [-0.3, -0.25) is 4.79 Å². The molecular weight excluding hydrogens is 224 g/mol. The zero-order chi connectivity index (χ0) is 11.5. The van der Waals surface area contributed by atoms with Crippen LogP contribution in [0.4, 0.5) is 0 Å². The molecule has 2 heterocycles. The van der Waals surface area contributed by atoms with Gasteiger partial charge in [-0.15, -0.1) is 0 Å². The SMILES string of the molecule is CC(Cc1ncc2c(n1)CCSC2)C(=O)O. The fourth-order valence-corrected chi connectivity index (χ4v) is 2.57. The fraction of sp³-hybridized carbons (Fsp3) is 0.545. The van der Waals surface area contributed by atoms with Gasteiger partial charge in [-0.2, -0.15) is 11.8 Å². The van der Waals surface area contributed by atoms with E-state index in [-0.39, 0.29) is 0 Å². The van der Waals surface area contributed by atoms with Gasteiger partial charge < -0.3 is 5.11 Å². The minimum atomic E-state index is -0.795. The van der Waals surface area contributed by atoms with Crippen molar-refractivity contribution in [1.29, 1.82) is 0 Å². The Kier molecular flexibility index (Phi) is 3.43. The summed E-state index contributed by atoms with van der Waals surface area (Å²) in [5, 5.41) is 8.82. The maximum absolute atomic E-state index is 10.7. The number of aromatic nitrogens is 2. The summed E-state index contributed by atoms with van der Waals surface area (Å²) in [6.45, 7) is 1.68. The Bertz CT molecular complexity index is 409. The van der Waals surface area contributed by atoms with Gasteiger partial charge in [-0.25, -0.2) is 9.97 Å². The summed E-state index contributed by atoms with van der Waals surface area (Å²) in [7, 11) is 0. The van der Waals surface area contributed by atoms with Crippen LogP contribution in [-0.4, -0.2) is 26.8 Å².